The van der Waals surface area contributed by atoms with Crippen LogP contribution < -0.4 is 10.1 Å². The maximum absolute atomic E-state index is 12.9. The molecule has 1 aromatic heterocycles. The Hall–Kier alpha value is -4.49. The number of para-hydroxylation sites is 1. The Balaban J connectivity index is 1.28. The summed E-state index contributed by atoms with van der Waals surface area (Å²) in [4.78, 5) is 17.7. The van der Waals surface area contributed by atoms with Crippen molar-refractivity contribution in [3.05, 3.63) is 115 Å². The van der Waals surface area contributed by atoms with Gasteiger partial charge in [-0.15, -0.1) is 10.2 Å². The maximum Gasteiger partial charge on any atom is 0.237 e. The summed E-state index contributed by atoms with van der Waals surface area (Å²) >= 11 is 1.27. The molecule has 6 nitrogen and oxygen atoms in total. The molecule has 0 fully saturated rings. The standard InChI is InChI=1S/C30H24N4O2S/c1-21(29(35)31-24-17-19-26(20-18-24)36-25-15-9-4-10-16-25)37-30-32-27(22-11-5-2-6-12-22)28(33-34-30)23-13-7-3-8-14-23/h2-21H,1H3,(H,31,35). The highest BCUT2D eigenvalue weighted by Crippen LogP contribution is 2.31. The third-order valence-electron chi connectivity index (χ3n) is 5.51. The minimum absolute atomic E-state index is 0.154. The maximum atomic E-state index is 12.9. The van der Waals surface area contributed by atoms with Crippen molar-refractivity contribution in [1.82, 2.24) is 15.2 Å². The van der Waals surface area contributed by atoms with Gasteiger partial charge in [-0.2, -0.15) is 0 Å². The first-order valence-electron chi connectivity index (χ1n) is 11.8. The monoisotopic (exact) mass is 504 g/mol. The van der Waals surface area contributed by atoms with Gasteiger partial charge in [0.15, 0.2) is 0 Å². The number of rotatable bonds is 8. The summed E-state index contributed by atoms with van der Waals surface area (Å²) in [6.45, 7) is 1.82. The molecule has 37 heavy (non-hydrogen) atoms. The first kappa shape index (κ1) is 24.2. The number of thioether (sulfide) groups is 1. The van der Waals surface area contributed by atoms with Crippen LogP contribution in [0.3, 0.4) is 0 Å². The molecule has 7 heteroatoms. The van der Waals surface area contributed by atoms with Crippen molar-refractivity contribution in [2.24, 2.45) is 0 Å². The van der Waals surface area contributed by atoms with Gasteiger partial charge in [0.05, 0.1) is 5.25 Å². The molecule has 1 heterocycles. The Labute approximate surface area is 219 Å². The van der Waals surface area contributed by atoms with Crippen LogP contribution in [0.15, 0.2) is 120 Å². The minimum Gasteiger partial charge on any atom is -0.457 e. The molecule has 0 aliphatic carbocycles. The topological polar surface area (TPSA) is 77.0 Å². The number of nitrogens with zero attached hydrogens (tertiary/aromatic N) is 3. The zero-order chi connectivity index (χ0) is 25.5. The van der Waals surface area contributed by atoms with Gasteiger partial charge in [0, 0.05) is 16.8 Å². The SMILES string of the molecule is CC(Sc1nnc(-c2ccccc2)c(-c2ccccc2)n1)C(=O)Nc1ccc(Oc2ccccc2)cc1. The average molecular weight is 505 g/mol. The van der Waals surface area contributed by atoms with Gasteiger partial charge in [0.1, 0.15) is 22.9 Å². The molecule has 0 bridgehead atoms. The predicted octanol–water partition coefficient (Wildman–Crippen LogP) is 7.12. The van der Waals surface area contributed by atoms with E-state index < -0.39 is 5.25 Å². The van der Waals surface area contributed by atoms with Gasteiger partial charge in [-0.25, -0.2) is 4.98 Å². The average Bonchev–Trinajstić information content (AvgIpc) is 2.95. The van der Waals surface area contributed by atoms with E-state index in [9.17, 15) is 4.79 Å². The molecular weight excluding hydrogens is 480 g/mol. The highest BCUT2D eigenvalue weighted by Gasteiger charge is 2.19. The normalized spacial score (nSPS) is 11.5. The number of amides is 1. The van der Waals surface area contributed by atoms with Crippen LogP contribution in [0.4, 0.5) is 5.69 Å². The van der Waals surface area contributed by atoms with Crippen molar-refractivity contribution in [2.45, 2.75) is 17.3 Å². The first-order valence-corrected chi connectivity index (χ1v) is 12.7. The van der Waals surface area contributed by atoms with Crippen molar-refractivity contribution in [3.63, 3.8) is 0 Å². The fourth-order valence-corrected chi connectivity index (χ4v) is 4.35. The predicted molar refractivity (Wildman–Crippen MR) is 148 cm³/mol. The number of hydrogen-bond acceptors (Lipinski definition) is 6. The Morgan fingerprint density at radius 2 is 1.24 bits per heavy atom. The van der Waals surface area contributed by atoms with Crippen LogP contribution in [-0.2, 0) is 4.79 Å². The lowest BCUT2D eigenvalue weighted by Crippen LogP contribution is -2.22. The zero-order valence-corrected chi connectivity index (χ0v) is 20.9. The third kappa shape index (κ3) is 6.20. The smallest absolute Gasteiger partial charge is 0.237 e. The van der Waals surface area contributed by atoms with E-state index in [1.807, 2.05) is 122 Å². The van der Waals surface area contributed by atoms with Gasteiger partial charge in [-0.1, -0.05) is 90.6 Å². The Morgan fingerprint density at radius 1 is 0.703 bits per heavy atom. The molecule has 5 aromatic rings. The number of nitrogens with one attached hydrogen (secondary N) is 1. The highest BCUT2D eigenvalue weighted by molar-refractivity contribution is 8.00. The summed E-state index contributed by atoms with van der Waals surface area (Å²) in [6, 6.07) is 36.5. The molecule has 1 unspecified atom stereocenters. The summed E-state index contributed by atoms with van der Waals surface area (Å²) in [5.74, 6) is 1.29. The minimum atomic E-state index is -0.437. The van der Waals surface area contributed by atoms with E-state index in [4.69, 9.17) is 9.72 Å². The van der Waals surface area contributed by atoms with Crippen molar-refractivity contribution in [3.8, 4) is 34.0 Å². The molecule has 1 atom stereocenters. The molecule has 0 spiro atoms. The first-order chi connectivity index (χ1) is 18.2. The lowest BCUT2D eigenvalue weighted by atomic mass is 10.0. The number of carbonyl (C=O) groups is 1. The van der Waals surface area contributed by atoms with Crippen molar-refractivity contribution in [2.75, 3.05) is 5.32 Å². The lowest BCUT2D eigenvalue weighted by Gasteiger charge is -2.13. The Bertz CT molecular complexity index is 1460. The van der Waals surface area contributed by atoms with Crippen LogP contribution in [-0.4, -0.2) is 26.3 Å². The zero-order valence-electron chi connectivity index (χ0n) is 20.1. The van der Waals surface area contributed by atoms with Crippen molar-refractivity contribution >= 4 is 23.4 Å². The van der Waals surface area contributed by atoms with Crippen LogP contribution >= 0.6 is 11.8 Å². The van der Waals surface area contributed by atoms with E-state index in [2.05, 4.69) is 15.5 Å². The van der Waals surface area contributed by atoms with E-state index >= 15 is 0 Å². The quantitative estimate of drug-likeness (QED) is 0.227. The third-order valence-corrected chi connectivity index (χ3v) is 6.47. The number of hydrogen-bond donors (Lipinski definition) is 1. The molecule has 0 saturated carbocycles. The molecule has 1 N–H and O–H groups in total. The number of carbonyl (C=O) groups excluding carboxylic acids is 1. The molecule has 5 rings (SSSR count). The second-order valence-electron chi connectivity index (χ2n) is 8.21. The lowest BCUT2D eigenvalue weighted by molar-refractivity contribution is -0.115. The van der Waals surface area contributed by atoms with Gasteiger partial charge in [0.25, 0.3) is 0 Å². The number of aromatic nitrogens is 3. The second kappa shape index (κ2) is 11.5. The van der Waals surface area contributed by atoms with E-state index in [1.165, 1.54) is 11.8 Å². The van der Waals surface area contributed by atoms with Crippen LogP contribution in [0.1, 0.15) is 6.92 Å². The second-order valence-corrected chi connectivity index (χ2v) is 9.52. The van der Waals surface area contributed by atoms with Gasteiger partial charge in [-0.3, -0.25) is 4.79 Å². The van der Waals surface area contributed by atoms with Crippen LogP contribution in [0.25, 0.3) is 22.5 Å². The fraction of sp³-hybridized carbons (Fsp3) is 0.0667. The molecule has 182 valence electrons. The molecule has 1 amide bonds. The molecular formula is C30H24N4O2S. The van der Waals surface area contributed by atoms with Crippen molar-refractivity contribution < 1.29 is 9.53 Å². The summed E-state index contributed by atoms with van der Waals surface area (Å²) in [7, 11) is 0. The Kier molecular flexibility index (Phi) is 7.52. The molecule has 0 aliphatic rings. The number of anilines is 1. The fourth-order valence-electron chi connectivity index (χ4n) is 3.64. The van der Waals surface area contributed by atoms with Crippen LogP contribution in [0.5, 0.6) is 11.5 Å². The summed E-state index contributed by atoms with van der Waals surface area (Å²) in [5.41, 5.74) is 3.98. The summed E-state index contributed by atoms with van der Waals surface area (Å²) < 4.78 is 5.81. The van der Waals surface area contributed by atoms with E-state index in [0.29, 0.717) is 22.3 Å². The van der Waals surface area contributed by atoms with Gasteiger partial charge in [0.2, 0.25) is 11.1 Å². The highest BCUT2D eigenvalue weighted by atomic mass is 32.2. The van der Waals surface area contributed by atoms with E-state index in [-0.39, 0.29) is 5.91 Å². The molecule has 0 saturated heterocycles. The molecule has 0 radical (unpaired) electrons. The van der Waals surface area contributed by atoms with Crippen LogP contribution in [0, 0.1) is 0 Å². The Morgan fingerprint density at radius 3 is 1.86 bits per heavy atom. The molecule has 4 aromatic carbocycles. The number of benzene rings is 4. The number of ether oxygens (including phenoxy) is 1. The van der Waals surface area contributed by atoms with Crippen molar-refractivity contribution in [1.29, 1.82) is 0 Å². The van der Waals surface area contributed by atoms with Gasteiger partial charge < -0.3 is 10.1 Å². The van der Waals surface area contributed by atoms with Gasteiger partial charge in [-0.05, 0) is 43.3 Å². The summed E-state index contributed by atoms with van der Waals surface area (Å²) in [5, 5.41) is 11.8. The van der Waals surface area contributed by atoms with E-state index in [1.54, 1.807) is 0 Å². The molecule has 0 aliphatic heterocycles. The largest absolute Gasteiger partial charge is 0.457 e. The van der Waals surface area contributed by atoms with Crippen LogP contribution in [0.2, 0.25) is 0 Å². The van der Waals surface area contributed by atoms with E-state index in [0.717, 1.165) is 22.6 Å². The van der Waals surface area contributed by atoms with Gasteiger partial charge >= 0.3 is 0 Å². The summed E-state index contributed by atoms with van der Waals surface area (Å²) in [6.07, 6.45) is 0.